The van der Waals surface area contributed by atoms with Gasteiger partial charge >= 0.3 is 0 Å². The van der Waals surface area contributed by atoms with Gasteiger partial charge in [-0.1, -0.05) is 42.5 Å². The molecule has 2 aromatic carbocycles. The first-order valence-corrected chi connectivity index (χ1v) is 10.1. The molecule has 1 heterocycles. The molecule has 6 heteroatoms. The van der Waals surface area contributed by atoms with E-state index in [9.17, 15) is 8.42 Å². The van der Waals surface area contributed by atoms with Crippen LogP contribution in [0.4, 0.5) is 5.69 Å². The Kier molecular flexibility index (Phi) is 5.20. The monoisotopic (exact) mass is 372 g/mol. The summed E-state index contributed by atoms with van der Waals surface area (Å²) in [6.45, 7) is 2.56. The second-order valence-corrected chi connectivity index (χ2v) is 8.46. The van der Waals surface area contributed by atoms with E-state index in [1.54, 1.807) is 6.08 Å². The van der Waals surface area contributed by atoms with Gasteiger partial charge in [0, 0.05) is 17.6 Å². The zero-order valence-corrected chi connectivity index (χ0v) is 15.6. The fourth-order valence-electron chi connectivity index (χ4n) is 2.79. The van der Waals surface area contributed by atoms with Crippen molar-refractivity contribution in [3.8, 4) is 0 Å². The molecule has 0 aromatic heterocycles. The number of nitrogens with zero attached hydrogens (tertiary/aromatic N) is 1. The van der Waals surface area contributed by atoms with Crippen LogP contribution in [0, 0.1) is 6.92 Å². The Balaban J connectivity index is 1.82. The first kappa shape index (κ1) is 17.6. The van der Waals surface area contributed by atoms with Gasteiger partial charge in [0.05, 0.1) is 11.8 Å². The standard InChI is InChI=1S/C19H20N2O2S2/c1-15-6-5-9-17(12-15)20-19(24)21(13-16-7-3-2-4-8-16)18-10-11-25(22,23)14-18/h2-12,18H,13-14H2,1H3,(H,20,24)/t18-/m0/s1. The average molecular weight is 373 g/mol. The molecule has 0 radical (unpaired) electrons. The first-order valence-electron chi connectivity index (χ1n) is 8.02. The lowest BCUT2D eigenvalue weighted by Crippen LogP contribution is -2.42. The minimum Gasteiger partial charge on any atom is -0.337 e. The van der Waals surface area contributed by atoms with E-state index in [1.165, 1.54) is 5.41 Å². The highest BCUT2D eigenvalue weighted by Gasteiger charge is 2.28. The highest BCUT2D eigenvalue weighted by atomic mass is 32.2. The van der Waals surface area contributed by atoms with Crippen molar-refractivity contribution < 1.29 is 8.42 Å². The lowest BCUT2D eigenvalue weighted by molar-refractivity contribution is 0.380. The van der Waals surface area contributed by atoms with Crippen molar-refractivity contribution in [2.24, 2.45) is 0 Å². The lowest BCUT2D eigenvalue weighted by Gasteiger charge is -2.30. The topological polar surface area (TPSA) is 49.4 Å². The molecule has 0 spiro atoms. The summed E-state index contributed by atoms with van der Waals surface area (Å²) in [5.41, 5.74) is 3.10. The molecule has 0 amide bonds. The second-order valence-electron chi connectivity index (χ2n) is 6.14. The van der Waals surface area contributed by atoms with E-state index in [0.717, 1.165) is 16.8 Å². The molecule has 3 rings (SSSR count). The van der Waals surface area contributed by atoms with E-state index >= 15 is 0 Å². The molecular formula is C19H20N2O2S2. The summed E-state index contributed by atoms with van der Waals surface area (Å²) in [4.78, 5) is 1.92. The minimum absolute atomic E-state index is 0.0511. The molecule has 1 aliphatic heterocycles. The molecule has 1 N–H and O–H groups in total. The number of hydrogen-bond donors (Lipinski definition) is 1. The normalized spacial score (nSPS) is 18.0. The molecule has 0 saturated carbocycles. The van der Waals surface area contributed by atoms with E-state index in [4.69, 9.17) is 12.2 Å². The number of aryl methyl sites for hydroxylation is 1. The van der Waals surface area contributed by atoms with Crippen LogP contribution in [0.5, 0.6) is 0 Å². The molecule has 4 nitrogen and oxygen atoms in total. The SMILES string of the molecule is Cc1cccc(NC(=S)N(Cc2ccccc2)[C@H]2C=CS(=O)(=O)C2)c1. The smallest absolute Gasteiger partial charge is 0.174 e. The van der Waals surface area contributed by atoms with Gasteiger partial charge in [-0.15, -0.1) is 0 Å². The number of sulfone groups is 1. The zero-order chi connectivity index (χ0) is 17.9. The fourth-order valence-corrected chi connectivity index (χ4v) is 4.41. The molecular weight excluding hydrogens is 352 g/mol. The summed E-state index contributed by atoms with van der Waals surface area (Å²) >= 11 is 5.60. The largest absolute Gasteiger partial charge is 0.337 e. The third-order valence-corrected chi connectivity index (χ3v) is 5.75. The number of nitrogens with one attached hydrogen (secondary N) is 1. The van der Waals surface area contributed by atoms with Crippen LogP contribution < -0.4 is 5.32 Å². The molecule has 25 heavy (non-hydrogen) atoms. The van der Waals surface area contributed by atoms with Gasteiger partial charge in [0.25, 0.3) is 0 Å². The van der Waals surface area contributed by atoms with Crippen LogP contribution >= 0.6 is 12.2 Å². The van der Waals surface area contributed by atoms with Crippen molar-refractivity contribution in [2.75, 3.05) is 11.1 Å². The molecule has 0 fully saturated rings. The molecule has 1 aliphatic rings. The van der Waals surface area contributed by atoms with Crippen LogP contribution in [0.15, 0.2) is 66.1 Å². The predicted octanol–water partition coefficient (Wildman–Crippen LogP) is 3.50. The Morgan fingerprint density at radius 2 is 1.96 bits per heavy atom. The Hall–Kier alpha value is -2.18. The van der Waals surface area contributed by atoms with Crippen molar-refractivity contribution >= 4 is 32.9 Å². The van der Waals surface area contributed by atoms with Gasteiger partial charge in [0.1, 0.15) is 0 Å². The van der Waals surface area contributed by atoms with Crippen molar-refractivity contribution in [3.05, 3.63) is 77.2 Å². The van der Waals surface area contributed by atoms with E-state index in [2.05, 4.69) is 5.32 Å². The number of rotatable bonds is 4. The summed E-state index contributed by atoms with van der Waals surface area (Å²) < 4.78 is 23.7. The molecule has 0 saturated heterocycles. The van der Waals surface area contributed by atoms with Crippen molar-refractivity contribution in [3.63, 3.8) is 0 Å². The Labute approximate surface area is 154 Å². The zero-order valence-electron chi connectivity index (χ0n) is 13.9. The maximum absolute atomic E-state index is 11.8. The van der Waals surface area contributed by atoms with E-state index in [1.807, 2.05) is 66.4 Å². The van der Waals surface area contributed by atoms with Crippen LogP contribution in [0.3, 0.4) is 0 Å². The molecule has 130 valence electrons. The number of benzene rings is 2. The number of hydrogen-bond acceptors (Lipinski definition) is 3. The third-order valence-electron chi connectivity index (χ3n) is 4.04. The summed E-state index contributed by atoms with van der Waals surface area (Å²) in [6, 6.07) is 17.6. The minimum atomic E-state index is -3.16. The van der Waals surface area contributed by atoms with E-state index < -0.39 is 9.84 Å². The van der Waals surface area contributed by atoms with Gasteiger partial charge in [0.15, 0.2) is 14.9 Å². The summed E-state index contributed by atoms with van der Waals surface area (Å²) in [7, 11) is -3.16. The van der Waals surface area contributed by atoms with Crippen LogP contribution in [0.25, 0.3) is 0 Å². The average Bonchev–Trinajstić information content (AvgIpc) is 2.93. The van der Waals surface area contributed by atoms with Crippen LogP contribution in [0.2, 0.25) is 0 Å². The Morgan fingerprint density at radius 3 is 2.60 bits per heavy atom. The van der Waals surface area contributed by atoms with Gasteiger partial charge in [-0.2, -0.15) is 0 Å². The second kappa shape index (κ2) is 7.37. The Morgan fingerprint density at radius 1 is 1.20 bits per heavy atom. The van der Waals surface area contributed by atoms with Crippen molar-refractivity contribution in [1.82, 2.24) is 4.90 Å². The molecule has 2 aromatic rings. The third kappa shape index (κ3) is 4.67. The molecule has 0 unspecified atom stereocenters. The molecule has 1 atom stereocenters. The number of thiocarbonyl (C=S) groups is 1. The maximum atomic E-state index is 11.8. The van der Waals surface area contributed by atoms with Gasteiger partial charge < -0.3 is 10.2 Å². The molecule has 0 aliphatic carbocycles. The van der Waals surface area contributed by atoms with Gasteiger partial charge in [-0.25, -0.2) is 8.42 Å². The summed E-state index contributed by atoms with van der Waals surface area (Å²) in [5.74, 6) is 0.0511. The highest BCUT2D eigenvalue weighted by Crippen LogP contribution is 2.20. The van der Waals surface area contributed by atoms with Crippen LogP contribution in [-0.4, -0.2) is 30.2 Å². The number of anilines is 1. The van der Waals surface area contributed by atoms with Crippen molar-refractivity contribution in [2.45, 2.75) is 19.5 Å². The van der Waals surface area contributed by atoms with Crippen LogP contribution in [0.1, 0.15) is 11.1 Å². The predicted molar refractivity (Wildman–Crippen MR) is 106 cm³/mol. The van der Waals surface area contributed by atoms with Crippen LogP contribution in [-0.2, 0) is 16.4 Å². The summed E-state index contributed by atoms with van der Waals surface area (Å²) in [6.07, 6.45) is 1.71. The van der Waals surface area contributed by atoms with Gasteiger partial charge in [-0.05, 0) is 48.5 Å². The van der Waals surface area contributed by atoms with Gasteiger partial charge in [-0.3, -0.25) is 0 Å². The molecule has 0 bridgehead atoms. The highest BCUT2D eigenvalue weighted by molar-refractivity contribution is 7.94. The van der Waals surface area contributed by atoms with Gasteiger partial charge in [0.2, 0.25) is 0 Å². The lowest BCUT2D eigenvalue weighted by atomic mass is 10.2. The first-order chi connectivity index (χ1) is 11.9. The van der Waals surface area contributed by atoms with Crippen molar-refractivity contribution in [1.29, 1.82) is 0 Å². The Bertz CT molecular complexity index is 893. The van der Waals surface area contributed by atoms with E-state index in [-0.39, 0.29) is 11.8 Å². The summed E-state index contributed by atoms with van der Waals surface area (Å²) in [5, 5.41) is 5.03. The van der Waals surface area contributed by atoms with E-state index in [0.29, 0.717) is 11.7 Å². The maximum Gasteiger partial charge on any atom is 0.174 e. The quantitative estimate of drug-likeness (QED) is 0.833. The fraction of sp³-hybridized carbons (Fsp3) is 0.211.